The van der Waals surface area contributed by atoms with Gasteiger partial charge in [0.15, 0.2) is 0 Å². The highest BCUT2D eigenvalue weighted by atomic mass is 16.3. The molecule has 48 heavy (non-hydrogen) atoms. The summed E-state index contributed by atoms with van der Waals surface area (Å²) in [6, 6.07) is -0.571. The summed E-state index contributed by atoms with van der Waals surface area (Å²) in [4.78, 5) is 12.3. The molecular weight excluding hydrogens is 590 g/mol. The molecule has 0 rings (SSSR count). The molecule has 0 radical (unpaired) electrons. The van der Waals surface area contributed by atoms with Crippen LogP contribution in [-0.2, 0) is 4.79 Å². The number of hydrogen-bond donors (Lipinski definition) is 3. The fraction of sp³-hybridized carbons (Fsp3) is 0.659. The van der Waals surface area contributed by atoms with Gasteiger partial charge in [-0.25, -0.2) is 0 Å². The van der Waals surface area contributed by atoms with Crippen LogP contribution in [0.3, 0.4) is 0 Å². The summed E-state index contributed by atoms with van der Waals surface area (Å²) in [6.45, 7) is 4.20. The molecule has 2 unspecified atom stereocenters. The molecule has 2 atom stereocenters. The molecule has 0 aromatic heterocycles. The molecule has 0 heterocycles. The monoisotopic (exact) mass is 666 g/mol. The summed E-state index contributed by atoms with van der Waals surface area (Å²) in [5, 5.41) is 23.0. The Kier molecular flexibility index (Phi) is 37.0. The van der Waals surface area contributed by atoms with E-state index in [2.05, 4.69) is 104 Å². The SMILES string of the molecule is CC/C=C\C/C=C\C/C=C\C/C=C\C/C=C\C/C=C\C/C=C\CCCC(=O)NC(CO)C(O)CCCCCCCCCCCCCCC. The lowest BCUT2D eigenvalue weighted by atomic mass is 10.0. The van der Waals surface area contributed by atoms with Crippen molar-refractivity contribution in [3.05, 3.63) is 85.1 Å². The second-order valence-corrected chi connectivity index (χ2v) is 13.0. The molecule has 0 aromatic carbocycles. The van der Waals surface area contributed by atoms with Gasteiger partial charge in [-0.3, -0.25) is 4.79 Å². The first-order valence-corrected chi connectivity index (χ1v) is 19.8. The lowest BCUT2D eigenvalue weighted by molar-refractivity contribution is -0.123. The van der Waals surface area contributed by atoms with Gasteiger partial charge in [-0.2, -0.15) is 0 Å². The summed E-state index contributed by atoms with van der Waals surface area (Å²) in [5.74, 6) is -0.0937. The summed E-state index contributed by atoms with van der Waals surface area (Å²) < 4.78 is 0. The molecule has 3 N–H and O–H groups in total. The number of rotatable bonds is 34. The zero-order chi connectivity index (χ0) is 35.0. The van der Waals surface area contributed by atoms with Crippen LogP contribution in [0.2, 0.25) is 0 Å². The molecule has 0 aliphatic carbocycles. The molecule has 0 fully saturated rings. The number of carbonyl (C=O) groups excluding carboxylic acids is 1. The van der Waals surface area contributed by atoms with Crippen LogP contribution in [0.5, 0.6) is 0 Å². The van der Waals surface area contributed by atoms with Crippen LogP contribution in [0.15, 0.2) is 85.1 Å². The Morgan fingerprint density at radius 1 is 0.521 bits per heavy atom. The van der Waals surface area contributed by atoms with E-state index >= 15 is 0 Å². The van der Waals surface area contributed by atoms with E-state index in [0.717, 1.165) is 70.6 Å². The molecule has 0 spiro atoms. The first-order chi connectivity index (χ1) is 23.7. The van der Waals surface area contributed by atoms with E-state index < -0.39 is 12.1 Å². The van der Waals surface area contributed by atoms with Gasteiger partial charge in [-0.1, -0.05) is 182 Å². The largest absolute Gasteiger partial charge is 0.394 e. The van der Waals surface area contributed by atoms with Gasteiger partial charge >= 0.3 is 0 Å². The Hall–Kier alpha value is -2.43. The maximum atomic E-state index is 12.3. The van der Waals surface area contributed by atoms with Gasteiger partial charge in [0.2, 0.25) is 5.91 Å². The zero-order valence-electron chi connectivity index (χ0n) is 31.2. The molecule has 0 aliphatic heterocycles. The minimum absolute atomic E-state index is 0.0937. The minimum atomic E-state index is -0.687. The highest BCUT2D eigenvalue weighted by Gasteiger charge is 2.19. The van der Waals surface area contributed by atoms with Crippen molar-refractivity contribution >= 4 is 5.91 Å². The highest BCUT2D eigenvalue weighted by molar-refractivity contribution is 5.76. The van der Waals surface area contributed by atoms with Gasteiger partial charge in [0.25, 0.3) is 0 Å². The molecule has 4 heteroatoms. The lowest BCUT2D eigenvalue weighted by Crippen LogP contribution is -2.45. The van der Waals surface area contributed by atoms with Crippen molar-refractivity contribution in [2.24, 2.45) is 0 Å². The van der Waals surface area contributed by atoms with Crippen LogP contribution in [0.25, 0.3) is 0 Å². The highest BCUT2D eigenvalue weighted by Crippen LogP contribution is 2.14. The predicted molar refractivity (Wildman–Crippen MR) is 211 cm³/mol. The molecule has 1 amide bonds. The average molecular weight is 666 g/mol. The van der Waals surface area contributed by atoms with E-state index in [4.69, 9.17) is 0 Å². The lowest BCUT2D eigenvalue weighted by Gasteiger charge is -2.22. The van der Waals surface area contributed by atoms with E-state index in [0.29, 0.717) is 12.8 Å². The van der Waals surface area contributed by atoms with E-state index in [1.54, 1.807) is 0 Å². The smallest absolute Gasteiger partial charge is 0.220 e. The van der Waals surface area contributed by atoms with Gasteiger partial charge in [-0.05, 0) is 64.2 Å². The Labute approximate surface area is 297 Å². The number of amides is 1. The number of carbonyl (C=O) groups is 1. The molecule has 0 saturated heterocycles. The maximum absolute atomic E-state index is 12.3. The van der Waals surface area contributed by atoms with Crippen molar-refractivity contribution in [1.29, 1.82) is 0 Å². The second kappa shape index (κ2) is 39.0. The van der Waals surface area contributed by atoms with Crippen LogP contribution in [0.4, 0.5) is 0 Å². The fourth-order valence-corrected chi connectivity index (χ4v) is 5.41. The molecular formula is C44H75NO3. The minimum Gasteiger partial charge on any atom is -0.394 e. The predicted octanol–water partition coefficient (Wildman–Crippen LogP) is 12.1. The van der Waals surface area contributed by atoms with E-state index in [9.17, 15) is 15.0 Å². The Balaban J connectivity index is 3.74. The summed E-state index contributed by atoms with van der Waals surface area (Å²) in [6.07, 6.45) is 56.4. The standard InChI is InChI=1S/C44H75NO3/c1-3-5-7-9-11-13-15-17-18-19-20-21-22-23-24-25-26-28-30-32-34-36-38-40-44(48)45-42(41-46)43(47)39-37-35-33-31-29-27-16-14-12-10-8-6-4-2/h5,7,11,13,17-18,20-21,23-24,26,28,32,34,42-43,46-47H,3-4,6,8-10,12,14-16,19,22,25,27,29-31,33,35-41H2,1-2H3,(H,45,48)/b7-5-,13-11-,18-17-,21-20-,24-23-,28-26-,34-32-. The summed E-state index contributed by atoms with van der Waals surface area (Å²) >= 11 is 0. The van der Waals surface area contributed by atoms with E-state index in [1.165, 1.54) is 70.6 Å². The first kappa shape index (κ1) is 45.6. The van der Waals surface area contributed by atoms with Crippen LogP contribution in [0.1, 0.15) is 168 Å². The second-order valence-electron chi connectivity index (χ2n) is 13.0. The van der Waals surface area contributed by atoms with Gasteiger partial charge in [-0.15, -0.1) is 0 Å². The first-order valence-electron chi connectivity index (χ1n) is 19.8. The molecule has 0 bridgehead atoms. The average Bonchev–Trinajstić information content (AvgIpc) is 3.09. The zero-order valence-corrected chi connectivity index (χ0v) is 31.2. The van der Waals surface area contributed by atoms with Crippen molar-refractivity contribution in [1.82, 2.24) is 5.32 Å². The molecule has 0 aromatic rings. The van der Waals surface area contributed by atoms with Crippen LogP contribution < -0.4 is 5.32 Å². The summed E-state index contributed by atoms with van der Waals surface area (Å²) in [5.41, 5.74) is 0. The van der Waals surface area contributed by atoms with Crippen molar-refractivity contribution in [3.63, 3.8) is 0 Å². The number of unbranched alkanes of at least 4 members (excludes halogenated alkanes) is 13. The van der Waals surface area contributed by atoms with Gasteiger partial charge in [0, 0.05) is 6.42 Å². The molecule has 4 nitrogen and oxygen atoms in total. The van der Waals surface area contributed by atoms with Crippen LogP contribution >= 0.6 is 0 Å². The number of allylic oxidation sites excluding steroid dienone is 14. The number of nitrogens with one attached hydrogen (secondary N) is 1. The van der Waals surface area contributed by atoms with Gasteiger partial charge in [0.1, 0.15) is 0 Å². The van der Waals surface area contributed by atoms with Crippen molar-refractivity contribution in [3.8, 4) is 0 Å². The molecule has 0 aliphatic rings. The van der Waals surface area contributed by atoms with Crippen molar-refractivity contribution < 1.29 is 15.0 Å². The summed E-state index contributed by atoms with van der Waals surface area (Å²) in [7, 11) is 0. The molecule has 0 saturated carbocycles. The van der Waals surface area contributed by atoms with E-state index in [-0.39, 0.29) is 12.5 Å². The topological polar surface area (TPSA) is 69.6 Å². The third-order valence-electron chi connectivity index (χ3n) is 8.42. The molecule has 274 valence electrons. The van der Waals surface area contributed by atoms with Crippen molar-refractivity contribution in [2.75, 3.05) is 6.61 Å². The van der Waals surface area contributed by atoms with Crippen molar-refractivity contribution in [2.45, 2.75) is 180 Å². The number of hydrogen-bond acceptors (Lipinski definition) is 3. The Morgan fingerprint density at radius 2 is 0.896 bits per heavy atom. The van der Waals surface area contributed by atoms with Gasteiger partial charge < -0.3 is 15.5 Å². The quantitative estimate of drug-likeness (QED) is 0.0473. The fourth-order valence-electron chi connectivity index (χ4n) is 5.41. The Morgan fingerprint density at radius 3 is 1.29 bits per heavy atom. The van der Waals surface area contributed by atoms with Crippen LogP contribution in [-0.4, -0.2) is 34.9 Å². The van der Waals surface area contributed by atoms with Crippen LogP contribution in [0, 0.1) is 0 Å². The van der Waals surface area contributed by atoms with E-state index in [1.807, 2.05) is 0 Å². The number of aliphatic hydroxyl groups is 2. The third kappa shape index (κ3) is 34.9. The normalized spacial score (nSPS) is 14.0. The van der Waals surface area contributed by atoms with Gasteiger partial charge in [0.05, 0.1) is 18.8 Å². The number of aliphatic hydroxyl groups excluding tert-OH is 2. The maximum Gasteiger partial charge on any atom is 0.220 e. The Bertz CT molecular complexity index is 895. The third-order valence-corrected chi connectivity index (χ3v) is 8.42.